The van der Waals surface area contributed by atoms with E-state index >= 15 is 0 Å². The van der Waals surface area contributed by atoms with Gasteiger partial charge in [0.25, 0.3) is 0 Å². The fraction of sp³-hybridized carbons (Fsp3) is 0.647. The topological polar surface area (TPSA) is 30.5 Å². The fourth-order valence-corrected chi connectivity index (χ4v) is 2.07. The Balaban J connectivity index is 1.65. The third kappa shape index (κ3) is 5.93. The van der Waals surface area contributed by atoms with Gasteiger partial charge in [-0.2, -0.15) is 0 Å². The van der Waals surface area contributed by atoms with Crippen LogP contribution in [0, 0.1) is 5.92 Å². The van der Waals surface area contributed by atoms with Gasteiger partial charge in [0.1, 0.15) is 12.4 Å². The van der Waals surface area contributed by atoms with Crippen LogP contribution < -0.4 is 10.1 Å². The molecular formula is C17H27NO2. The van der Waals surface area contributed by atoms with Crippen molar-refractivity contribution in [1.29, 1.82) is 0 Å². The minimum absolute atomic E-state index is 0.480. The molecule has 1 aromatic rings. The molecule has 0 aliphatic heterocycles. The Hall–Kier alpha value is -1.06. The molecule has 2 rings (SSSR count). The summed E-state index contributed by atoms with van der Waals surface area (Å²) in [5.41, 5.74) is 1.21. The van der Waals surface area contributed by atoms with Crippen LogP contribution in [0.15, 0.2) is 24.3 Å². The van der Waals surface area contributed by atoms with Gasteiger partial charge < -0.3 is 14.8 Å². The van der Waals surface area contributed by atoms with E-state index in [1.165, 1.54) is 24.8 Å². The van der Waals surface area contributed by atoms with Crippen LogP contribution in [0.3, 0.4) is 0 Å². The summed E-state index contributed by atoms with van der Waals surface area (Å²) in [5.74, 6) is 1.91. The van der Waals surface area contributed by atoms with Gasteiger partial charge in [-0.1, -0.05) is 44.9 Å². The monoisotopic (exact) mass is 277 g/mol. The van der Waals surface area contributed by atoms with Crippen molar-refractivity contribution in [2.75, 3.05) is 19.8 Å². The molecule has 0 amide bonds. The number of nitrogens with one attached hydrogen (secondary N) is 1. The molecule has 0 spiro atoms. The van der Waals surface area contributed by atoms with Gasteiger partial charge in [-0.25, -0.2) is 0 Å². The van der Waals surface area contributed by atoms with Crippen molar-refractivity contribution >= 4 is 0 Å². The van der Waals surface area contributed by atoms with Crippen molar-refractivity contribution in [3.63, 3.8) is 0 Å². The molecular weight excluding hydrogens is 250 g/mol. The zero-order valence-corrected chi connectivity index (χ0v) is 12.7. The standard InChI is InChI=1S/C17H27NO2/c1-14(2)18-13-16-5-3-4-6-17(16)20-12-11-19-10-9-15-7-8-15/h3-6,14-15,18H,7-13H2,1-2H3. The molecule has 1 fully saturated rings. The first-order valence-electron chi connectivity index (χ1n) is 7.77. The van der Waals surface area contributed by atoms with Gasteiger partial charge >= 0.3 is 0 Å². The van der Waals surface area contributed by atoms with Gasteiger partial charge in [0.2, 0.25) is 0 Å². The quantitative estimate of drug-likeness (QED) is 0.665. The lowest BCUT2D eigenvalue weighted by atomic mass is 10.2. The lowest BCUT2D eigenvalue weighted by molar-refractivity contribution is 0.0954. The van der Waals surface area contributed by atoms with Crippen LogP contribution in [-0.4, -0.2) is 25.9 Å². The van der Waals surface area contributed by atoms with Gasteiger partial charge in [-0.3, -0.25) is 0 Å². The lowest BCUT2D eigenvalue weighted by Crippen LogP contribution is -2.22. The fourth-order valence-electron chi connectivity index (χ4n) is 2.07. The molecule has 1 saturated carbocycles. The maximum absolute atomic E-state index is 5.83. The summed E-state index contributed by atoms with van der Waals surface area (Å²) < 4.78 is 11.4. The van der Waals surface area contributed by atoms with Gasteiger partial charge in [0.05, 0.1) is 6.61 Å². The average molecular weight is 277 g/mol. The highest BCUT2D eigenvalue weighted by molar-refractivity contribution is 5.33. The van der Waals surface area contributed by atoms with E-state index in [0.717, 1.165) is 24.8 Å². The van der Waals surface area contributed by atoms with Crippen molar-refractivity contribution in [3.8, 4) is 5.75 Å². The van der Waals surface area contributed by atoms with Crippen LogP contribution in [0.25, 0.3) is 0 Å². The Labute approximate surface area is 122 Å². The van der Waals surface area contributed by atoms with Crippen LogP contribution in [-0.2, 0) is 11.3 Å². The second-order valence-electron chi connectivity index (χ2n) is 5.84. The minimum Gasteiger partial charge on any atom is -0.491 e. The Morgan fingerprint density at radius 3 is 2.70 bits per heavy atom. The first-order chi connectivity index (χ1) is 9.75. The van der Waals surface area contributed by atoms with E-state index in [9.17, 15) is 0 Å². The van der Waals surface area contributed by atoms with Crippen molar-refractivity contribution in [2.24, 2.45) is 5.92 Å². The van der Waals surface area contributed by atoms with E-state index in [1.807, 2.05) is 12.1 Å². The van der Waals surface area contributed by atoms with Crippen LogP contribution >= 0.6 is 0 Å². The lowest BCUT2D eigenvalue weighted by Gasteiger charge is -2.13. The number of hydrogen-bond acceptors (Lipinski definition) is 3. The number of para-hydroxylation sites is 1. The molecule has 3 heteroatoms. The van der Waals surface area contributed by atoms with E-state index in [-0.39, 0.29) is 0 Å². The smallest absolute Gasteiger partial charge is 0.123 e. The summed E-state index contributed by atoms with van der Waals surface area (Å²) >= 11 is 0. The van der Waals surface area contributed by atoms with Gasteiger partial charge in [-0.05, 0) is 18.4 Å². The maximum Gasteiger partial charge on any atom is 0.123 e. The Morgan fingerprint density at radius 1 is 1.15 bits per heavy atom. The Kier molecular flexibility index (Phi) is 6.34. The Morgan fingerprint density at radius 2 is 1.95 bits per heavy atom. The minimum atomic E-state index is 0.480. The van der Waals surface area contributed by atoms with E-state index < -0.39 is 0 Å². The van der Waals surface area contributed by atoms with Crippen LogP contribution in [0.1, 0.15) is 38.7 Å². The van der Waals surface area contributed by atoms with Crippen LogP contribution in [0.5, 0.6) is 5.75 Å². The predicted octanol–water partition coefficient (Wildman–Crippen LogP) is 3.38. The molecule has 1 aliphatic carbocycles. The van der Waals surface area contributed by atoms with Crippen molar-refractivity contribution in [3.05, 3.63) is 29.8 Å². The molecule has 0 radical (unpaired) electrons. The number of rotatable bonds is 10. The van der Waals surface area contributed by atoms with Crippen molar-refractivity contribution in [2.45, 2.75) is 45.7 Å². The average Bonchev–Trinajstić information content (AvgIpc) is 3.25. The van der Waals surface area contributed by atoms with Crippen molar-refractivity contribution < 1.29 is 9.47 Å². The molecule has 0 heterocycles. The molecule has 0 atom stereocenters. The second kappa shape index (κ2) is 8.28. The highest BCUT2D eigenvalue weighted by Crippen LogP contribution is 2.32. The maximum atomic E-state index is 5.83. The molecule has 20 heavy (non-hydrogen) atoms. The zero-order valence-electron chi connectivity index (χ0n) is 12.7. The van der Waals surface area contributed by atoms with Crippen molar-refractivity contribution in [1.82, 2.24) is 5.32 Å². The molecule has 1 aliphatic rings. The largest absolute Gasteiger partial charge is 0.491 e. The number of benzene rings is 1. The van der Waals surface area contributed by atoms with E-state index in [0.29, 0.717) is 19.3 Å². The number of ether oxygens (including phenoxy) is 2. The molecule has 0 aromatic heterocycles. The Bertz CT molecular complexity index is 388. The first-order valence-corrected chi connectivity index (χ1v) is 7.77. The molecule has 0 bridgehead atoms. The third-order valence-electron chi connectivity index (χ3n) is 3.53. The van der Waals surface area contributed by atoms with E-state index in [2.05, 4.69) is 31.3 Å². The molecule has 0 saturated heterocycles. The summed E-state index contributed by atoms with van der Waals surface area (Å²) in [6.07, 6.45) is 4.01. The van der Waals surface area contributed by atoms with E-state index in [1.54, 1.807) is 0 Å². The number of hydrogen-bond donors (Lipinski definition) is 1. The third-order valence-corrected chi connectivity index (χ3v) is 3.53. The molecule has 112 valence electrons. The van der Waals surface area contributed by atoms with Gasteiger partial charge in [0, 0.05) is 24.8 Å². The highest BCUT2D eigenvalue weighted by Gasteiger charge is 2.20. The molecule has 1 aromatic carbocycles. The highest BCUT2D eigenvalue weighted by atomic mass is 16.5. The SMILES string of the molecule is CC(C)NCc1ccccc1OCCOCCC1CC1. The van der Waals surface area contributed by atoms with Crippen LogP contribution in [0.2, 0.25) is 0 Å². The summed E-state index contributed by atoms with van der Waals surface area (Å²) in [6.45, 7) is 7.33. The van der Waals surface area contributed by atoms with Crippen LogP contribution in [0.4, 0.5) is 0 Å². The first kappa shape index (κ1) is 15.3. The normalized spacial score (nSPS) is 14.8. The zero-order chi connectivity index (χ0) is 14.2. The van der Waals surface area contributed by atoms with E-state index in [4.69, 9.17) is 9.47 Å². The summed E-state index contributed by atoms with van der Waals surface area (Å²) in [7, 11) is 0. The molecule has 0 unspecified atom stereocenters. The molecule has 1 N–H and O–H groups in total. The summed E-state index contributed by atoms with van der Waals surface area (Å²) in [4.78, 5) is 0. The predicted molar refractivity (Wildman–Crippen MR) is 82.1 cm³/mol. The summed E-state index contributed by atoms with van der Waals surface area (Å²) in [5, 5.41) is 3.42. The molecule has 3 nitrogen and oxygen atoms in total. The van der Waals surface area contributed by atoms with Gasteiger partial charge in [0.15, 0.2) is 0 Å². The second-order valence-corrected chi connectivity index (χ2v) is 5.84. The van der Waals surface area contributed by atoms with Gasteiger partial charge in [-0.15, -0.1) is 0 Å². The summed E-state index contributed by atoms with van der Waals surface area (Å²) in [6, 6.07) is 8.69.